The highest BCUT2D eigenvalue weighted by Gasteiger charge is 2.30. The molecule has 2 rings (SSSR count). The van der Waals surface area contributed by atoms with Gasteiger partial charge < -0.3 is 5.32 Å². The van der Waals surface area contributed by atoms with Crippen LogP contribution in [0.4, 0.5) is 0 Å². The van der Waals surface area contributed by atoms with Gasteiger partial charge in [-0.1, -0.05) is 6.92 Å². The Hall–Kier alpha value is -0.900. The third-order valence-electron chi connectivity index (χ3n) is 3.06. The fourth-order valence-electron chi connectivity index (χ4n) is 2.11. The van der Waals surface area contributed by atoms with Crippen LogP contribution in [-0.4, -0.2) is 26.8 Å². The summed E-state index contributed by atoms with van der Waals surface area (Å²) in [5.41, 5.74) is 0. The molecule has 1 aliphatic carbocycles. The number of aromatic nitrogens is 3. The van der Waals surface area contributed by atoms with E-state index in [1.54, 1.807) is 12.7 Å². The lowest BCUT2D eigenvalue weighted by molar-refractivity contribution is 0.362. The van der Waals surface area contributed by atoms with Gasteiger partial charge in [-0.2, -0.15) is 5.10 Å². The number of rotatable bonds is 6. The van der Waals surface area contributed by atoms with Crippen molar-refractivity contribution in [3.05, 3.63) is 12.7 Å². The molecule has 0 bridgehead atoms. The van der Waals surface area contributed by atoms with Crippen LogP contribution in [0.25, 0.3) is 0 Å². The number of nitrogens with zero attached hydrogens (tertiary/aromatic N) is 3. The molecule has 0 saturated heterocycles. The fourth-order valence-corrected chi connectivity index (χ4v) is 2.11. The second-order valence-corrected chi connectivity index (χ2v) is 4.54. The molecule has 0 spiro atoms. The van der Waals surface area contributed by atoms with Crippen LogP contribution in [-0.2, 0) is 6.54 Å². The summed E-state index contributed by atoms with van der Waals surface area (Å²) in [5.74, 6) is 0.924. The highest BCUT2D eigenvalue weighted by molar-refractivity contribution is 4.86. The van der Waals surface area contributed by atoms with Crippen LogP contribution in [0, 0.1) is 5.92 Å². The number of nitrogens with one attached hydrogen (secondary N) is 1. The minimum Gasteiger partial charge on any atom is -0.309 e. The summed E-state index contributed by atoms with van der Waals surface area (Å²) in [6.45, 7) is 5.38. The van der Waals surface area contributed by atoms with Gasteiger partial charge in [-0.05, 0) is 32.1 Å². The maximum absolute atomic E-state index is 4.12. The summed E-state index contributed by atoms with van der Waals surface area (Å²) in [6, 6.07) is 1.17. The Morgan fingerprint density at radius 1 is 1.53 bits per heavy atom. The van der Waals surface area contributed by atoms with Crippen LogP contribution in [0.15, 0.2) is 12.7 Å². The molecule has 1 aliphatic rings. The fraction of sp³-hybridized carbons (Fsp3) is 0.818. The predicted molar refractivity (Wildman–Crippen MR) is 59.4 cm³/mol. The lowest BCUT2D eigenvalue weighted by Gasteiger charge is -2.21. The molecule has 0 radical (unpaired) electrons. The summed E-state index contributed by atoms with van der Waals surface area (Å²) in [4.78, 5) is 3.95. The van der Waals surface area contributed by atoms with Gasteiger partial charge in [0, 0.05) is 12.1 Å². The second-order valence-electron chi connectivity index (χ2n) is 4.54. The van der Waals surface area contributed by atoms with E-state index in [1.807, 2.05) is 4.68 Å². The summed E-state index contributed by atoms with van der Waals surface area (Å²) in [5, 5.41) is 7.79. The van der Waals surface area contributed by atoms with Gasteiger partial charge in [-0.15, -0.1) is 0 Å². The molecule has 1 saturated carbocycles. The summed E-state index contributed by atoms with van der Waals surface area (Å²) < 4.78 is 1.89. The minimum atomic E-state index is 0.470. The first-order valence-corrected chi connectivity index (χ1v) is 5.88. The predicted octanol–water partition coefficient (Wildman–Crippen LogP) is 1.44. The molecule has 1 aromatic heterocycles. The molecule has 2 atom stereocenters. The quantitative estimate of drug-likeness (QED) is 0.769. The maximum Gasteiger partial charge on any atom is 0.137 e. The van der Waals surface area contributed by atoms with Crippen molar-refractivity contribution in [3.63, 3.8) is 0 Å². The molecule has 0 aliphatic heterocycles. The molecule has 1 heterocycles. The molecule has 15 heavy (non-hydrogen) atoms. The van der Waals surface area contributed by atoms with Gasteiger partial charge in [0.1, 0.15) is 12.7 Å². The summed E-state index contributed by atoms with van der Waals surface area (Å²) >= 11 is 0. The van der Waals surface area contributed by atoms with Crippen molar-refractivity contribution < 1.29 is 0 Å². The molecular weight excluding hydrogens is 188 g/mol. The largest absolute Gasteiger partial charge is 0.309 e. The van der Waals surface area contributed by atoms with Crippen LogP contribution < -0.4 is 5.32 Å². The first kappa shape index (κ1) is 10.6. The Morgan fingerprint density at radius 3 is 2.87 bits per heavy atom. The maximum atomic E-state index is 4.12. The highest BCUT2D eigenvalue weighted by atomic mass is 15.3. The third kappa shape index (κ3) is 3.02. The molecule has 0 aromatic carbocycles. The van der Waals surface area contributed by atoms with Crippen molar-refractivity contribution in [3.8, 4) is 0 Å². The van der Waals surface area contributed by atoms with Crippen molar-refractivity contribution in [1.82, 2.24) is 20.1 Å². The third-order valence-corrected chi connectivity index (χ3v) is 3.06. The Labute approximate surface area is 91.1 Å². The van der Waals surface area contributed by atoms with Gasteiger partial charge in [0.05, 0.1) is 6.54 Å². The van der Waals surface area contributed by atoms with Crippen molar-refractivity contribution in [2.75, 3.05) is 0 Å². The normalized spacial score (nSPS) is 20.1. The molecule has 1 N–H and O–H groups in total. The zero-order valence-electron chi connectivity index (χ0n) is 9.56. The summed E-state index contributed by atoms with van der Waals surface area (Å²) in [7, 11) is 0. The van der Waals surface area contributed by atoms with E-state index >= 15 is 0 Å². The van der Waals surface area contributed by atoms with Crippen LogP contribution in [0.1, 0.15) is 33.1 Å². The van der Waals surface area contributed by atoms with Crippen LogP contribution in [0.5, 0.6) is 0 Å². The van der Waals surface area contributed by atoms with E-state index in [4.69, 9.17) is 0 Å². The zero-order valence-corrected chi connectivity index (χ0v) is 9.56. The Morgan fingerprint density at radius 2 is 2.33 bits per heavy atom. The highest BCUT2D eigenvalue weighted by Crippen LogP contribution is 2.34. The lowest BCUT2D eigenvalue weighted by atomic mass is 10.1. The van der Waals surface area contributed by atoms with Crippen LogP contribution >= 0.6 is 0 Å². The number of hydrogen-bond acceptors (Lipinski definition) is 3. The van der Waals surface area contributed by atoms with Gasteiger partial charge in [-0.25, -0.2) is 4.98 Å². The molecule has 4 nitrogen and oxygen atoms in total. The molecule has 2 unspecified atom stereocenters. The lowest BCUT2D eigenvalue weighted by Crippen LogP contribution is -2.40. The monoisotopic (exact) mass is 208 g/mol. The van der Waals surface area contributed by atoms with E-state index in [-0.39, 0.29) is 0 Å². The van der Waals surface area contributed by atoms with Gasteiger partial charge >= 0.3 is 0 Å². The number of hydrogen-bond donors (Lipinski definition) is 1. The Bertz CT molecular complexity index is 279. The Kier molecular flexibility index (Phi) is 3.36. The van der Waals surface area contributed by atoms with E-state index in [0.717, 1.165) is 12.5 Å². The standard InChI is InChI=1S/C11H20N4/c1-3-11(10-4-5-10)14-9(2)6-15-8-12-7-13-15/h7-11,14H,3-6H2,1-2H3. The topological polar surface area (TPSA) is 42.7 Å². The van der Waals surface area contributed by atoms with Crippen molar-refractivity contribution in [1.29, 1.82) is 0 Å². The molecule has 84 valence electrons. The molecule has 1 fully saturated rings. The molecule has 1 aromatic rings. The van der Waals surface area contributed by atoms with E-state index in [1.165, 1.54) is 19.3 Å². The first-order valence-electron chi connectivity index (χ1n) is 5.88. The average Bonchev–Trinajstić information content (AvgIpc) is 2.95. The van der Waals surface area contributed by atoms with E-state index < -0.39 is 0 Å². The van der Waals surface area contributed by atoms with Crippen molar-refractivity contribution in [2.45, 2.75) is 51.7 Å². The van der Waals surface area contributed by atoms with E-state index in [2.05, 4.69) is 29.2 Å². The molecular formula is C11H20N4. The Balaban J connectivity index is 1.78. The van der Waals surface area contributed by atoms with Crippen LogP contribution in [0.2, 0.25) is 0 Å². The zero-order chi connectivity index (χ0) is 10.7. The first-order chi connectivity index (χ1) is 7.29. The van der Waals surface area contributed by atoms with E-state index in [0.29, 0.717) is 12.1 Å². The van der Waals surface area contributed by atoms with Gasteiger partial charge in [0.15, 0.2) is 0 Å². The average molecular weight is 208 g/mol. The summed E-state index contributed by atoms with van der Waals surface area (Å²) in [6.07, 6.45) is 7.40. The SMILES string of the molecule is CCC(NC(C)Cn1cncn1)C1CC1. The van der Waals surface area contributed by atoms with Gasteiger partial charge in [0.2, 0.25) is 0 Å². The minimum absolute atomic E-state index is 0.470. The van der Waals surface area contributed by atoms with Crippen molar-refractivity contribution >= 4 is 0 Å². The smallest absolute Gasteiger partial charge is 0.137 e. The van der Waals surface area contributed by atoms with Gasteiger partial charge in [-0.3, -0.25) is 4.68 Å². The van der Waals surface area contributed by atoms with Crippen molar-refractivity contribution in [2.24, 2.45) is 5.92 Å². The van der Waals surface area contributed by atoms with Crippen LogP contribution in [0.3, 0.4) is 0 Å². The van der Waals surface area contributed by atoms with E-state index in [9.17, 15) is 0 Å². The molecule has 0 amide bonds. The second kappa shape index (κ2) is 4.75. The van der Waals surface area contributed by atoms with Gasteiger partial charge in [0.25, 0.3) is 0 Å². The molecule has 4 heteroatoms.